The van der Waals surface area contributed by atoms with Gasteiger partial charge in [0, 0.05) is 46.0 Å². The van der Waals surface area contributed by atoms with Crippen LogP contribution < -0.4 is 5.32 Å². The summed E-state index contributed by atoms with van der Waals surface area (Å²) in [6, 6.07) is 49.0. The zero-order valence-corrected chi connectivity index (χ0v) is 30.1. The highest BCUT2D eigenvalue weighted by Crippen LogP contribution is 2.72. The summed E-state index contributed by atoms with van der Waals surface area (Å²) in [5.74, 6) is 0. The maximum Gasteiger partial charge on any atom is 0.277 e. The largest absolute Gasteiger partial charge is 0.388 e. The van der Waals surface area contributed by atoms with E-state index in [9.17, 15) is 10.1 Å². The minimum absolute atomic E-state index is 0.131. The van der Waals surface area contributed by atoms with E-state index in [0.717, 1.165) is 22.4 Å². The molecule has 4 saturated carbocycles. The molecular weight excluding hydrogens is 649 g/mol. The van der Waals surface area contributed by atoms with Crippen molar-refractivity contribution in [1.82, 2.24) is 0 Å². The Hall–Kier alpha value is -5.48. The lowest BCUT2D eigenvalue weighted by atomic mass is 9.74. The first-order valence-corrected chi connectivity index (χ1v) is 19.4. The van der Waals surface area contributed by atoms with Crippen LogP contribution in [0.5, 0.6) is 0 Å². The summed E-state index contributed by atoms with van der Waals surface area (Å²) < 4.78 is 0. The first-order valence-electron chi connectivity index (χ1n) is 19.4. The Kier molecular flexibility index (Phi) is 6.33. The Morgan fingerprint density at radius 1 is 0.434 bits per heavy atom. The number of anilines is 1. The monoisotopic (exact) mass is 690 g/mol. The van der Waals surface area contributed by atoms with Gasteiger partial charge in [0.25, 0.3) is 5.69 Å². The van der Waals surface area contributed by atoms with Crippen molar-refractivity contribution in [3.8, 4) is 44.5 Å². The van der Waals surface area contributed by atoms with Crippen LogP contribution in [0.3, 0.4) is 0 Å². The molecule has 6 aromatic carbocycles. The highest BCUT2D eigenvalue weighted by atomic mass is 16.6. The number of hydrogen-bond donors (Lipinski definition) is 1. The summed E-state index contributed by atoms with van der Waals surface area (Å²) in [6.07, 6.45) is 9.56. The van der Waals surface area contributed by atoms with Gasteiger partial charge in [-0.1, -0.05) is 115 Å². The van der Waals surface area contributed by atoms with Crippen molar-refractivity contribution < 1.29 is 4.92 Å². The lowest BCUT2D eigenvalue weighted by molar-refractivity contribution is -0.384. The number of nitrogens with one attached hydrogen (secondary N) is 1. The fraction of sp³-hybridized carbons (Fsp3) is 0.265. The van der Waals surface area contributed by atoms with E-state index in [1.54, 1.807) is 6.07 Å². The molecule has 53 heavy (non-hydrogen) atoms. The van der Waals surface area contributed by atoms with Crippen molar-refractivity contribution in [2.45, 2.75) is 73.0 Å². The third-order valence-electron chi connectivity index (χ3n) is 14.4. The molecule has 26 rings (SSSR count). The highest BCUT2D eigenvalue weighted by Gasteiger charge is 2.67. The van der Waals surface area contributed by atoms with Crippen molar-refractivity contribution in [1.29, 1.82) is 0 Å². The molecule has 4 heteroatoms. The molecule has 0 atom stereocenters. The van der Waals surface area contributed by atoms with E-state index in [2.05, 4.69) is 127 Å². The molecule has 0 amide bonds. The van der Waals surface area contributed by atoms with Gasteiger partial charge in [-0.05, 0) is 119 Å². The Balaban J connectivity index is 1.04. The zero-order valence-electron chi connectivity index (χ0n) is 30.1. The lowest BCUT2D eigenvalue weighted by Crippen LogP contribution is -2.26. The van der Waals surface area contributed by atoms with Gasteiger partial charge in [0.05, 0.1) is 10.5 Å². The van der Waals surface area contributed by atoms with E-state index >= 15 is 0 Å². The van der Waals surface area contributed by atoms with Crippen molar-refractivity contribution in [2.75, 3.05) is 12.4 Å². The van der Waals surface area contributed by atoms with Gasteiger partial charge in [0.2, 0.25) is 0 Å². The maximum atomic E-state index is 12.5. The van der Waals surface area contributed by atoms with Gasteiger partial charge < -0.3 is 5.32 Å². The smallest absolute Gasteiger partial charge is 0.277 e. The van der Waals surface area contributed by atoms with Crippen LogP contribution in [0.4, 0.5) is 11.4 Å². The standard InChI is InChI=1S/C49H42N2O2/c1-50-44-30-36-10-20-42(44)34-6-16-40(17-7-34)48(26-27-48)47(24-25-47)39-14-4-33(5-15-39)37-11-21-43(45(31-37)51(52)53)35-8-18-41(19-9-35)49(28-29-49)46(22-23-46)38-12-2-32(36)3-13-38/h2-21,30-31,50H,22-29H2,1H3. The number of nitro benzene ring substituents is 1. The molecule has 20 aliphatic rings. The van der Waals surface area contributed by atoms with Crippen LogP contribution in [0.25, 0.3) is 44.5 Å². The van der Waals surface area contributed by atoms with E-state index in [0.29, 0.717) is 5.56 Å². The molecule has 12 bridgehead atoms. The third-order valence-corrected chi connectivity index (χ3v) is 14.4. The SMILES string of the molecule is CNc1cc2ccc1-c1ccc(cc1)C1(CC1)C1(CC1)c1ccc(cc1)-c1ccc(c([N+](=O)[O-])c1)-c1ccc(cc1)C1(CC1)C1(CC1)c1ccc-2cc1. The fourth-order valence-electron chi connectivity index (χ4n) is 10.9. The van der Waals surface area contributed by atoms with Crippen LogP contribution in [0, 0.1) is 10.1 Å². The maximum absolute atomic E-state index is 12.5. The predicted molar refractivity (Wildman–Crippen MR) is 214 cm³/mol. The molecule has 0 unspecified atom stereocenters. The number of nitrogens with zero attached hydrogens (tertiary/aromatic N) is 1. The average Bonchev–Trinajstić information content (AvgIpc) is 4.02. The molecule has 0 aliphatic heterocycles. The molecule has 0 aromatic heterocycles. The van der Waals surface area contributed by atoms with Crippen LogP contribution in [0.1, 0.15) is 73.6 Å². The van der Waals surface area contributed by atoms with Gasteiger partial charge in [0.1, 0.15) is 0 Å². The Morgan fingerprint density at radius 2 is 0.755 bits per heavy atom. The molecule has 1 N–H and O–H groups in total. The summed E-state index contributed by atoms with van der Waals surface area (Å²) in [6.45, 7) is 0. The van der Waals surface area contributed by atoms with Crippen molar-refractivity contribution in [3.05, 3.63) is 166 Å². The van der Waals surface area contributed by atoms with Gasteiger partial charge in [-0.3, -0.25) is 10.1 Å². The second-order valence-corrected chi connectivity index (χ2v) is 16.6. The predicted octanol–water partition coefficient (Wildman–Crippen LogP) is 12.1. The molecule has 20 aliphatic carbocycles. The number of benzene rings is 6. The molecule has 0 heterocycles. The van der Waals surface area contributed by atoms with Crippen LogP contribution in [-0.2, 0) is 21.7 Å². The van der Waals surface area contributed by atoms with E-state index in [1.807, 2.05) is 13.1 Å². The van der Waals surface area contributed by atoms with E-state index in [4.69, 9.17) is 0 Å². The van der Waals surface area contributed by atoms with E-state index < -0.39 is 0 Å². The van der Waals surface area contributed by atoms with Crippen molar-refractivity contribution >= 4 is 11.4 Å². The summed E-state index contributed by atoms with van der Waals surface area (Å²) in [5, 5.41) is 16.0. The molecule has 4 spiro atoms. The van der Waals surface area contributed by atoms with Gasteiger partial charge in [0.15, 0.2) is 0 Å². The number of nitro groups is 1. The van der Waals surface area contributed by atoms with E-state index in [1.165, 1.54) is 95.9 Å². The van der Waals surface area contributed by atoms with Crippen molar-refractivity contribution in [2.24, 2.45) is 0 Å². The van der Waals surface area contributed by atoms with Crippen LogP contribution in [0.2, 0.25) is 0 Å². The summed E-state index contributed by atoms with van der Waals surface area (Å²) >= 11 is 0. The topological polar surface area (TPSA) is 55.2 Å². The zero-order chi connectivity index (χ0) is 35.6. The summed E-state index contributed by atoms with van der Waals surface area (Å²) in [5.41, 5.74) is 15.9. The number of rotatable bonds is 2. The molecule has 260 valence electrons. The van der Waals surface area contributed by atoms with Gasteiger partial charge in [-0.2, -0.15) is 0 Å². The van der Waals surface area contributed by atoms with E-state index in [-0.39, 0.29) is 32.3 Å². The van der Waals surface area contributed by atoms with Gasteiger partial charge in [-0.25, -0.2) is 0 Å². The Labute approximate surface area is 311 Å². The lowest BCUT2D eigenvalue weighted by Gasteiger charge is -2.29. The van der Waals surface area contributed by atoms with Crippen LogP contribution in [-0.4, -0.2) is 12.0 Å². The quantitative estimate of drug-likeness (QED) is 0.145. The molecule has 4 nitrogen and oxygen atoms in total. The third kappa shape index (κ3) is 4.41. The molecular formula is C49H42N2O2. The minimum Gasteiger partial charge on any atom is -0.388 e. The Morgan fingerprint density at radius 3 is 1.11 bits per heavy atom. The first-order chi connectivity index (χ1) is 25.9. The summed E-state index contributed by atoms with van der Waals surface area (Å²) in [7, 11) is 2.03. The molecule has 0 radical (unpaired) electrons. The van der Waals surface area contributed by atoms with Crippen LogP contribution in [0.15, 0.2) is 133 Å². The second kappa shape index (κ2) is 10.8. The Bertz CT molecular complexity index is 2440. The minimum atomic E-state index is -0.222. The average molecular weight is 691 g/mol. The highest BCUT2D eigenvalue weighted by molar-refractivity contribution is 5.83. The van der Waals surface area contributed by atoms with Gasteiger partial charge in [-0.15, -0.1) is 0 Å². The molecule has 4 fully saturated rings. The number of hydrogen-bond acceptors (Lipinski definition) is 3. The van der Waals surface area contributed by atoms with Gasteiger partial charge >= 0.3 is 0 Å². The first kappa shape index (κ1) is 31.1. The molecule has 6 aromatic rings. The fourth-order valence-corrected chi connectivity index (χ4v) is 10.9. The second-order valence-electron chi connectivity index (χ2n) is 16.6. The van der Waals surface area contributed by atoms with Crippen molar-refractivity contribution in [3.63, 3.8) is 0 Å². The van der Waals surface area contributed by atoms with Crippen LogP contribution >= 0.6 is 0 Å². The summed E-state index contributed by atoms with van der Waals surface area (Å²) in [4.78, 5) is 12.3. The molecule has 0 saturated heterocycles. The normalized spacial score (nSPS) is 19.6.